The Hall–Kier alpha value is -1.86. The van der Waals surface area contributed by atoms with Crippen molar-refractivity contribution < 1.29 is 23.1 Å². The molecule has 4 nitrogen and oxygen atoms in total. The van der Waals surface area contributed by atoms with Gasteiger partial charge in [-0.2, -0.15) is 13.2 Å². The van der Waals surface area contributed by atoms with Gasteiger partial charge in [-0.15, -0.1) is 0 Å². The molecule has 7 heteroatoms. The van der Waals surface area contributed by atoms with Crippen LogP contribution in [0.3, 0.4) is 0 Å². The van der Waals surface area contributed by atoms with Gasteiger partial charge in [0.25, 0.3) is 0 Å². The van der Waals surface area contributed by atoms with E-state index in [4.69, 9.17) is 0 Å². The van der Waals surface area contributed by atoms with E-state index in [9.17, 15) is 23.1 Å². The monoisotopic (exact) mass is 410 g/mol. The SMILES string of the molecule is C/C=C/c1ccc([C@H]2[C@@H](CO)N(CCC(F)(F)F)[C@H]2CNC(=O)C2CCC2)cc1. The average molecular weight is 410 g/mol. The highest BCUT2D eigenvalue weighted by Crippen LogP contribution is 2.41. The first kappa shape index (κ1) is 21.8. The molecule has 1 saturated carbocycles. The summed E-state index contributed by atoms with van der Waals surface area (Å²) >= 11 is 0. The molecule has 3 atom stereocenters. The molecule has 3 rings (SSSR count). The zero-order valence-electron chi connectivity index (χ0n) is 16.7. The Morgan fingerprint density at radius 2 is 1.93 bits per heavy atom. The minimum Gasteiger partial charge on any atom is -0.395 e. The van der Waals surface area contributed by atoms with Gasteiger partial charge in [0.1, 0.15) is 0 Å². The van der Waals surface area contributed by atoms with E-state index in [2.05, 4.69) is 5.32 Å². The number of halogens is 3. The van der Waals surface area contributed by atoms with Crippen molar-refractivity contribution in [1.82, 2.24) is 10.2 Å². The predicted molar refractivity (Wildman–Crippen MR) is 106 cm³/mol. The van der Waals surface area contributed by atoms with E-state index in [1.165, 1.54) is 0 Å². The number of likely N-dealkylation sites (tertiary alicyclic amines) is 1. The van der Waals surface area contributed by atoms with Crippen LogP contribution in [0.1, 0.15) is 49.7 Å². The van der Waals surface area contributed by atoms with Crippen LogP contribution in [-0.2, 0) is 4.79 Å². The summed E-state index contributed by atoms with van der Waals surface area (Å²) in [5, 5.41) is 12.8. The maximum Gasteiger partial charge on any atom is 0.390 e. The summed E-state index contributed by atoms with van der Waals surface area (Å²) in [4.78, 5) is 13.9. The summed E-state index contributed by atoms with van der Waals surface area (Å²) in [6.45, 7) is 1.84. The van der Waals surface area contributed by atoms with E-state index >= 15 is 0 Å². The van der Waals surface area contributed by atoms with Crippen LogP contribution in [0.2, 0.25) is 0 Å². The average Bonchev–Trinajstić information content (AvgIpc) is 2.60. The summed E-state index contributed by atoms with van der Waals surface area (Å²) < 4.78 is 38.3. The predicted octanol–water partition coefficient (Wildman–Crippen LogP) is 3.72. The van der Waals surface area contributed by atoms with Crippen molar-refractivity contribution in [1.29, 1.82) is 0 Å². The molecule has 1 saturated heterocycles. The summed E-state index contributed by atoms with van der Waals surface area (Å²) in [5.41, 5.74) is 2.02. The van der Waals surface area contributed by atoms with Gasteiger partial charge in [0.05, 0.1) is 13.0 Å². The van der Waals surface area contributed by atoms with Crippen LogP contribution < -0.4 is 5.32 Å². The number of benzene rings is 1. The lowest BCUT2D eigenvalue weighted by atomic mass is 9.74. The van der Waals surface area contributed by atoms with Crippen LogP contribution in [-0.4, -0.2) is 53.9 Å². The van der Waals surface area contributed by atoms with Gasteiger partial charge in [0.15, 0.2) is 0 Å². The van der Waals surface area contributed by atoms with Crippen molar-refractivity contribution in [3.8, 4) is 0 Å². The largest absolute Gasteiger partial charge is 0.395 e. The Balaban J connectivity index is 1.74. The van der Waals surface area contributed by atoms with Gasteiger partial charge >= 0.3 is 6.18 Å². The zero-order valence-corrected chi connectivity index (χ0v) is 16.7. The Morgan fingerprint density at radius 3 is 2.45 bits per heavy atom. The lowest BCUT2D eigenvalue weighted by Crippen LogP contribution is -2.67. The molecule has 1 aliphatic heterocycles. The van der Waals surface area contributed by atoms with Gasteiger partial charge < -0.3 is 10.4 Å². The maximum absolute atomic E-state index is 12.8. The quantitative estimate of drug-likeness (QED) is 0.687. The molecule has 1 heterocycles. The van der Waals surface area contributed by atoms with E-state index < -0.39 is 12.6 Å². The fourth-order valence-corrected chi connectivity index (χ4v) is 4.35. The molecule has 1 amide bonds. The third kappa shape index (κ3) is 5.20. The van der Waals surface area contributed by atoms with Gasteiger partial charge in [0, 0.05) is 37.0 Å². The first-order valence-electron chi connectivity index (χ1n) is 10.3. The van der Waals surface area contributed by atoms with Crippen LogP contribution in [0.15, 0.2) is 30.3 Å². The highest BCUT2D eigenvalue weighted by Gasteiger charge is 2.49. The van der Waals surface area contributed by atoms with Crippen LogP contribution in [0.25, 0.3) is 6.08 Å². The van der Waals surface area contributed by atoms with E-state index in [0.717, 1.165) is 30.4 Å². The van der Waals surface area contributed by atoms with E-state index in [0.29, 0.717) is 6.54 Å². The first-order chi connectivity index (χ1) is 13.8. The molecule has 29 heavy (non-hydrogen) atoms. The van der Waals surface area contributed by atoms with Crippen molar-refractivity contribution in [3.63, 3.8) is 0 Å². The molecular formula is C22H29F3N2O2. The highest BCUT2D eigenvalue weighted by atomic mass is 19.4. The van der Waals surface area contributed by atoms with Gasteiger partial charge in [-0.05, 0) is 30.9 Å². The maximum atomic E-state index is 12.8. The number of hydrogen-bond acceptors (Lipinski definition) is 3. The number of rotatable bonds is 8. The number of nitrogens with one attached hydrogen (secondary N) is 1. The molecule has 0 aromatic heterocycles. The topological polar surface area (TPSA) is 52.6 Å². The van der Waals surface area contributed by atoms with E-state index in [-0.39, 0.29) is 43.0 Å². The number of amides is 1. The second-order valence-corrected chi connectivity index (χ2v) is 7.99. The first-order valence-corrected chi connectivity index (χ1v) is 10.3. The number of hydrogen-bond donors (Lipinski definition) is 2. The standard InChI is InChI=1S/C22H29F3N2O2/c1-2-4-15-7-9-16(10-8-15)20-18(13-26-21(29)17-5-3-6-17)27(19(20)14-28)12-11-22(23,24)25/h2,4,7-10,17-20,28H,3,5-6,11-14H2,1H3,(H,26,29)/b4-2+/t18-,19+,20+/m0/s1. The summed E-state index contributed by atoms with van der Waals surface area (Å²) in [6, 6.07) is 7.22. The lowest BCUT2D eigenvalue weighted by molar-refractivity contribution is -0.151. The van der Waals surface area contributed by atoms with Gasteiger partial charge in [-0.25, -0.2) is 0 Å². The molecule has 1 aliphatic carbocycles. The smallest absolute Gasteiger partial charge is 0.390 e. The summed E-state index contributed by atoms with van der Waals surface area (Å²) in [7, 11) is 0. The van der Waals surface area contributed by atoms with Gasteiger partial charge in [-0.1, -0.05) is 42.8 Å². The Morgan fingerprint density at radius 1 is 1.24 bits per heavy atom. The molecule has 2 aliphatic rings. The number of alkyl halides is 3. The fourth-order valence-electron chi connectivity index (χ4n) is 4.35. The van der Waals surface area contributed by atoms with E-state index in [1.807, 2.05) is 43.3 Å². The van der Waals surface area contributed by atoms with E-state index in [1.54, 1.807) is 4.90 Å². The summed E-state index contributed by atoms with van der Waals surface area (Å²) in [6.07, 6.45) is 1.54. The molecule has 0 bridgehead atoms. The molecule has 0 spiro atoms. The third-order valence-electron chi connectivity index (χ3n) is 6.16. The second kappa shape index (κ2) is 9.30. The van der Waals surface area contributed by atoms with Crippen LogP contribution in [0, 0.1) is 5.92 Å². The van der Waals surface area contributed by atoms with Gasteiger partial charge in [-0.3, -0.25) is 9.69 Å². The minimum atomic E-state index is -4.25. The lowest BCUT2D eigenvalue weighted by Gasteiger charge is -2.55. The molecule has 0 unspecified atom stereocenters. The zero-order chi connectivity index (χ0) is 21.0. The number of carbonyl (C=O) groups excluding carboxylic acids is 1. The molecule has 1 aromatic rings. The van der Waals surface area contributed by atoms with Crippen LogP contribution in [0.4, 0.5) is 13.2 Å². The normalized spacial score (nSPS) is 25.6. The molecule has 0 radical (unpaired) electrons. The fraction of sp³-hybridized carbons (Fsp3) is 0.591. The number of nitrogens with zero attached hydrogens (tertiary/aromatic N) is 1. The molecular weight excluding hydrogens is 381 g/mol. The number of aliphatic hydroxyl groups excluding tert-OH is 1. The molecule has 2 fully saturated rings. The van der Waals surface area contributed by atoms with Crippen molar-refractivity contribution in [2.24, 2.45) is 5.92 Å². The van der Waals surface area contributed by atoms with Crippen molar-refractivity contribution in [2.45, 2.75) is 56.8 Å². The molecule has 2 N–H and O–H groups in total. The number of allylic oxidation sites excluding steroid dienone is 1. The second-order valence-electron chi connectivity index (χ2n) is 7.99. The Bertz CT molecular complexity index is 714. The Kier molecular flexibility index (Phi) is 7.01. The number of carbonyl (C=O) groups is 1. The van der Waals surface area contributed by atoms with Crippen molar-refractivity contribution in [3.05, 3.63) is 41.5 Å². The molecule has 160 valence electrons. The number of aliphatic hydroxyl groups is 1. The third-order valence-corrected chi connectivity index (χ3v) is 6.16. The minimum absolute atomic E-state index is 0.0124. The van der Waals surface area contributed by atoms with Gasteiger partial charge in [0.2, 0.25) is 5.91 Å². The van der Waals surface area contributed by atoms with Crippen molar-refractivity contribution in [2.75, 3.05) is 19.7 Å². The van der Waals surface area contributed by atoms with Crippen LogP contribution in [0.5, 0.6) is 0 Å². The Labute approximate surface area is 169 Å². The highest BCUT2D eigenvalue weighted by molar-refractivity contribution is 5.79. The van der Waals surface area contributed by atoms with Crippen molar-refractivity contribution >= 4 is 12.0 Å². The molecule has 1 aromatic carbocycles. The van der Waals surface area contributed by atoms with Crippen LogP contribution >= 0.6 is 0 Å². The summed E-state index contributed by atoms with van der Waals surface area (Å²) in [5.74, 6) is -0.0952.